The second kappa shape index (κ2) is 10.6. The van der Waals surface area contributed by atoms with Crippen LogP contribution in [0.25, 0.3) is 10.9 Å². The Hall–Kier alpha value is -2.99. The van der Waals surface area contributed by atoms with Gasteiger partial charge in [0.15, 0.2) is 0 Å². The predicted octanol–water partition coefficient (Wildman–Crippen LogP) is 4.98. The largest absolute Gasteiger partial charge is 0.491 e. The normalized spacial score (nSPS) is 11.5. The first-order valence-corrected chi connectivity index (χ1v) is 11.1. The molecule has 3 aromatic rings. The van der Waals surface area contributed by atoms with Crippen molar-refractivity contribution in [2.45, 2.75) is 46.4 Å². The van der Waals surface area contributed by atoms with Gasteiger partial charge in [0, 0.05) is 30.6 Å². The Bertz CT molecular complexity index is 1040. The highest BCUT2D eigenvalue weighted by atomic mass is 16.5. The van der Waals surface area contributed by atoms with Crippen molar-refractivity contribution >= 4 is 16.9 Å². The van der Waals surface area contributed by atoms with Crippen LogP contribution in [-0.4, -0.2) is 54.9 Å². The molecule has 0 aliphatic rings. The highest BCUT2D eigenvalue weighted by Gasteiger charge is 2.21. The van der Waals surface area contributed by atoms with E-state index in [4.69, 9.17) is 14.2 Å². The third kappa shape index (κ3) is 6.04. The van der Waals surface area contributed by atoms with Gasteiger partial charge in [-0.25, -0.2) is 4.79 Å². The fourth-order valence-electron chi connectivity index (χ4n) is 3.49. The molecule has 0 saturated heterocycles. The molecule has 0 atom stereocenters. The maximum atomic E-state index is 13.1. The lowest BCUT2D eigenvalue weighted by molar-refractivity contribution is 0.0470. The summed E-state index contributed by atoms with van der Waals surface area (Å²) in [5.74, 6) is 1.06. The molecule has 3 rings (SSSR count). The third-order valence-corrected chi connectivity index (χ3v) is 4.86. The van der Waals surface area contributed by atoms with Crippen LogP contribution < -0.4 is 9.47 Å². The van der Waals surface area contributed by atoms with Crippen LogP contribution in [-0.2, 0) is 11.3 Å². The SMILES string of the molecule is CC(C)Oc1cc(OC(C)C)c2cc(C(=O)OCCN(C)C)n(Cc3ccccc3)c2c1. The van der Waals surface area contributed by atoms with Gasteiger partial charge in [-0.1, -0.05) is 30.3 Å². The quantitative estimate of drug-likeness (QED) is 0.418. The van der Waals surface area contributed by atoms with Gasteiger partial charge in [-0.3, -0.25) is 0 Å². The summed E-state index contributed by atoms with van der Waals surface area (Å²) in [5.41, 5.74) is 2.47. The summed E-state index contributed by atoms with van der Waals surface area (Å²) in [4.78, 5) is 15.1. The number of fused-ring (bicyclic) bond motifs is 1. The van der Waals surface area contributed by atoms with Gasteiger partial charge in [0.2, 0.25) is 0 Å². The molecule has 32 heavy (non-hydrogen) atoms. The summed E-state index contributed by atoms with van der Waals surface area (Å²) in [6.07, 6.45) is 0.00724. The molecule has 0 aliphatic carbocycles. The van der Waals surface area contributed by atoms with E-state index in [2.05, 4.69) is 0 Å². The first-order chi connectivity index (χ1) is 15.2. The van der Waals surface area contributed by atoms with Crippen molar-refractivity contribution < 1.29 is 19.0 Å². The molecule has 1 heterocycles. The van der Waals surface area contributed by atoms with Gasteiger partial charge in [0.05, 0.1) is 17.7 Å². The molecule has 0 saturated carbocycles. The minimum absolute atomic E-state index is 0.0135. The molecular weight excluding hydrogens is 404 g/mol. The summed E-state index contributed by atoms with van der Waals surface area (Å²) < 4.78 is 19.7. The first-order valence-electron chi connectivity index (χ1n) is 11.1. The van der Waals surface area contributed by atoms with Crippen LogP contribution in [0.3, 0.4) is 0 Å². The zero-order chi connectivity index (χ0) is 23.3. The van der Waals surface area contributed by atoms with Crippen LogP contribution in [0, 0.1) is 0 Å². The van der Waals surface area contributed by atoms with Gasteiger partial charge in [-0.2, -0.15) is 0 Å². The third-order valence-electron chi connectivity index (χ3n) is 4.86. The Morgan fingerprint density at radius 1 is 0.969 bits per heavy atom. The molecule has 0 N–H and O–H groups in total. The molecule has 2 aromatic carbocycles. The number of aromatic nitrogens is 1. The molecule has 6 heteroatoms. The number of rotatable bonds is 10. The molecule has 0 aliphatic heterocycles. The van der Waals surface area contributed by atoms with Crippen LogP contribution in [0.4, 0.5) is 0 Å². The number of ether oxygens (including phenoxy) is 3. The Labute approximate surface area is 190 Å². The van der Waals surface area contributed by atoms with E-state index in [1.165, 1.54) is 0 Å². The van der Waals surface area contributed by atoms with Gasteiger partial charge < -0.3 is 23.7 Å². The van der Waals surface area contributed by atoms with E-state index in [0.717, 1.165) is 16.5 Å². The van der Waals surface area contributed by atoms with Crippen LogP contribution in [0.2, 0.25) is 0 Å². The zero-order valence-corrected chi connectivity index (χ0v) is 19.9. The Morgan fingerprint density at radius 2 is 1.66 bits per heavy atom. The van der Waals surface area contributed by atoms with Gasteiger partial charge >= 0.3 is 5.97 Å². The van der Waals surface area contributed by atoms with Crippen molar-refractivity contribution in [3.8, 4) is 11.5 Å². The van der Waals surface area contributed by atoms with Crippen molar-refractivity contribution in [3.05, 3.63) is 59.8 Å². The predicted molar refractivity (Wildman–Crippen MR) is 128 cm³/mol. The molecule has 0 amide bonds. The van der Waals surface area contributed by atoms with E-state index in [1.807, 2.05) is 99.8 Å². The van der Waals surface area contributed by atoms with Gasteiger partial charge in [-0.05, 0) is 53.4 Å². The second-order valence-electron chi connectivity index (χ2n) is 8.73. The van der Waals surface area contributed by atoms with E-state index in [-0.39, 0.29) is 18.2 Å². The van der Waals surface area contributed by atoms with Crippen LogP contribution in [0.5, 0.6) is 11.5 Å². The fourth-order valence-corrected chi connectivity index (χ4v) is 3.49. The molecule has 1 aromatic heterocycles. The molecular formula is C26H34N2O4. The molecule has 0 unspecified atom stereocenters. The minimum atomic E-state index is -0.346. The average Bonchev–Trinajstić information content (AvgIpc) is 3.06. The van der Waals surface area contributed by atoms with Crippen molar-refractivity contribution in [2.24, 2.45) is 0 Å². The maximum Gasteiger partial charge on any atom is 0.355 e. The molecule has 0 spiro atoms. The molecule has 0 radical (unpaired) electrons. The van der Waals surface area contributed by atoms with Crippen molar-refractivity contribution in [1.82, 2.24) is 9.47 Å². The van der Waals surface area contributed by atoms with Gasteiger partial charge in [0.1, 0.15) is 23.8 Å². The van der Waals surface area contributed by atoms with E-state index in [9.17, 15) is 4.79 Å². The van der Waals surface area contributed by atoms with Crippen LogP contribution in [0.15, 0.2) is 48.5 Å². The van der Waals surface area contributed by atoms with Crippen molar-refractivity contribution in [1.29, 1.82) is 0 Å². The fraction of sp³-hybridized carbons (Fsp3) is 0.423. The number of carbonyl (C=O) groups excluding carboxylic acids is 1. The summed E-state index contributed by atoms with van der Waals surface area (Å²) in [6.45, 7) is 9.48. The van der Waals surface area contributed by atoms with Crippen molar-refractivity contribution in [3.63, 3.8) is 0 Å². The van der Waals surface area contributed by atoms with E-state index in [0.29, 0.717) is 36.9 Å². The standard InChI is InChI=1S/C26H34N2O4/c1-18(2)31-21-14-23-22(25(15-21)32-19(3)4)16-24(26(29)30-13-12-27(5)6)28(23)17-20-10-8-7-9-11-20/h7-11,14-16,18-19H,12-13,17H2,1-6H3. The van der Waals surface area contributed by atoms with Crippen molar-refractivity contribution in [2.75, 3.05) is 27.2 Å². The summed E-state index contributed by atoms with van der Waals surface area (Å²) in [6, 6.07) is 15.8. The number of likely N-dealkylation sites (N-methyl/N-ethyl adjacent to an activating group) is 1. The molecule has 0 fully saturated rings. The van der Waals surface area contributed by atoms with Gasteiger partial charge in [-0.15, -0.1) is 0 Å². The summed E-state index contributed by atoms with van der Waals surface area (Å²) >= 11 is 0. The summed E-state index contributed by atoms with van der Waals surface area (Å²) in [7, 11) is 3.90. The topological polar surface area (TPSA) is 52.9 Å². The number of carbonyl (C=O) groups is 1. The van der Waals surface area contributed by atoms with Crippen LogP contribution in [0.1, 0.15) is 43.7 Å². The molecule has 172 valence electrons. The first kappa shape index (κ1) is 23.7. The second-order valence-corrected chi connectivity index (χ2v) is 8.73. The van der Waals surface area contributed by atoms with E-state index < -0.39 is 0 Å². The molecule has 0 bridgehead atoms. The number of hydrogen-bond acceptors (Lipinski definition) is 5. The maximum absolute atomic E-state index is 13.1. The highest BCUT2D eigenvalue weighted by molar-refractivity contribution is 5.98. The number of nitrogens with zero attached hydrogens (tertiary/aromatic N) is 2. The van der Waals surface area contributed by atoms with E-state index >= 15 is 0 Å². The molecule has 6 nitrogen and oxygen atoms in total. The lowest BCUT2D eigenvalue weighted by Gasteiger charge is -2.16. The monoisotopic (exact) mass is 438 g/mol. The van der Waals surface area contributed by atoms with Gasteiger partial charge in [0.25, 0.3) is 0 Å². The lowest BCUT2D eigenvalue weighted by atomic mass is 10.2. The minimum Gasteiger partial charge on any atom is -0.491 e. The number of hydrogen-bond donors (Lipinski definition) is 0. The Balaban J connectivity index is 2.12. The Kier molecular flexibility index (Phi) is 7.80. The Morgan fingerprint density at radius 3 is 2.28 bits per heavy atom. The lowest BCUT2D eigenvalue weighted by Crippen LogP contribution is -2.21. The average molecular weight is 439 g/mol. The summed E-state index contributed by atoms with van der Waals surface area (Å²) in [5, 5.41) is 0.866. The van der Waals surface area contributed by atoms with Crippen LogP contribution >= 0.6 is 0 Å². The van der Waals surface area contributed by atoms with E-state index in [1.54, 1.807) is 0 Å². The number of esters is 1. The smallest absolute Gasteiger partial charge is 0.355 e. The highest BCUT2D eigenvalue weighted by Crippen LogP contribution is 2.35. The zero-order valence-electron chi connectivity index (χ0n) is 19.9. The number of benzene rings is 2.